The molecule has 0 amide bonds. The standard InChI is InChI=1S/C11H16O/c12-9-3-4-10-7-1-2-8(5-7)11(10)6-9/h7-8,10-11H,1-6H2. The maximum atomic E-state index is 11.3. The Labute approximate surface area is 73.5 Å². The normalized spacial score (nSPS) is 51.2. The minimum atomic E-state index is 0.545. The fourth-order valence-electron chi connectivity index (χ4n) is 3.99. The molecule has 66 valence electrons. The molecule has 3 rings (SSSR count). The Kier molecular flexibility index (Phi) is 1.38. The Hall–Kier alpha value is -0.330. The van der Waals surface area contributed by atoms with E-state index in [-0.39, 0.29) is 0 Å². The summed E-state index contributed by atoms with van der Waals surface area (Å²) in [6.07, 6.45) is 7.42. The van der Waals surface area contributed by atoms with Gasteiger partial charge in [0.05, 0.1) is 0 Å². The van der Waals surface area contributed by atoms with E-state index in [4.69, 9.17) is 0 Å². The average Bonchev–Trinajstić information content (AvgIpc) is 2.63. The number of rotatable bonds is 0. The monoisotopic (exact) mass is 164 g/mol. The molecular formula is C11H16O. The fourth-order valence-corrected chi connectivity index (χ4v) is 3.99. The summed E-state index contributed by atoms with van der Waals surface area (Å²) in [6, 6.07) is 0. The van der Waals surface area contributed by atoms with Crippen molar-refractivity contribution in [1.82, 2.24) is 0 Å². The average molecular weight is 164 g/mol. The van der Waals surface area contributed by atoms with E-state index in [0.29, 0.717) is 5.78 Å². The van der Waals surface area contributed by atoms with Crippen molar-refractivity contribution >= 4 is 5.78 Å². The molecule has 1 heteroatoms. The number of fused-ring (bicyclic) bond motifs is 5. The molecule has 0 aromatic carbocycles. The van der Waals surface area contributed by atoms with Crippen molar-refractivity contribution in [2.45, 2.75) is 38.5 Å². The van der Waals surface area contributed by atoms with Crippen LogP contribution in [0.15, 0.2) is 0 Å². The van der Waals surface area contributed by atoms with E-state index in [1.54, 1.807) is 0 Å². The second-order valence-electron chi connectivity index (χ2n) is 4.94. The van der Waals surface area contributed by atoms with Gasteiger partial charge in [0.2, 0.25) is 0 Å². The first-order valence-electron chi connectivity index (χ1n) is 5.36. The van der Waals surface area contributed by atoms with Crippen LogP contribution in [0.2, 0.25) is 0 Å². The Morgan fingerprint density at radius 2 is 1.75 bits per heavy atom. The van der Waals surface area contributed by atoms with Crippen LogP contribution in [-0.4, -0.2) is 5.78 Å². The molecular weight excluding hydrogens is 148 g/mol. The summed E-state index contributed by atoms with van der Waals surface area (Å²) >= 11 is 0. The Morgan fingerprint density at radius 1 is 1.00 bits per heavy atom. The second kappa shape index (κ2) is 2.34. The summed E-state index contributed by atoms with van der Waals surface area (Å²) < 4.78 is 0. The Morgan fingerprint density at radius 3 is 2.58 bits per heavy atom. The van der Waals surface area contributed by atoms with E-state index >= 15 is 0 Å². The lowest BCUT2D eigenvalue weighted by Gasteiger charge is -2.34. The maximum Gasteiger partial charge on any atom is 0.133 e. The van der Waals surface area contributed by atoms with E-state index in [2.05, 4.69) is 0 Å². The number of Topliss-reactive ketones (excluding diaryl/α,β-unsaturated/α-hetero) is 1. The number of carbonyl (C=O) groups excluding carboxylic acids is 1. The van der Waals surface area contributed by atoms with Crippen LogP contribution in [0.5, 0.6) is 0 Å². The molecule has 3 aliphatic carbocycles. The van der Waals surface area contributed by atoms with Gasteiger partial charge in [-0.15, -0.1) is 0 Å². The number of ketones is 1. The SMILES string of the molecule is O=C1CCC2C3CCC(C3)C2C1. The fraction of sp³-hybridized carbons (Fsp3) is 0.909. The Balaban J connectivity index is 1.85. The van der Waals surface area contributed by atoms with Gasteiger partial charge < -0.3 is 0 Å². The van der Waals surface area contributed by atoms with Crippen LogP contribution < -0.4 is 0 Å². The number of hydrogen-bond donors (Lipinski definition) is 0. The van der Waals surface area contributed by atoms with Crippen LogP contribution in [0, 0.1) is 23.7 Å². The van der Waals surface area contributed by atoms with Gasteiger partial charge in [0.15, 0.2) is 0 Å². The van der Waals surface area contributed by atoms with Crippen molar-refractivity contribution in [1.29, 1.82) is 0 Å². The van der Waals surface area contributed by atoms with E-state index < -0.39 is 0 Å². The summed E-state index contributed by atoms with van der Waals surface area (Å²) in [4.78, 5) is 11.3. The molecule has 0 heterocycles. The lowest BCUT2D eigenvalue weighted by atomic mass is 9.71. The molecule has 12 heavy (non-hydrogen) atoms. The molecule has 0 N–H and O–H groups in total. The van der Waals surface area contributed by atoms with E-state index in [0.717, 1.165) is 36.5 Å². The lowest BCUT2D eigenvalue weighted by molar-refractivity contribution is -0.123. The summed E-state index contributed by atoms with van der Waals surface area (Å²) in [6.45, 7) is 0. The van der Waals surface area contributed by atoms with Crippen molar-refractivity contribution in [2.75, 3.05) is 0 Å². The van der Waals surface area contributed by atoms with Crippen molar-refractivity contribution in [3.05, 3.63) is 0 Å². The second-order valence-corrected chi connectivity index (χ2v) is 4.94. The summed E-state index contributed by atoms with van der Waals surface area (Å²) in [7, 11) is 0. The zero-order valence-corrected chi connectivity index (χ0v) is 7.46. The Bertz CT molecular complexity index is 221. The van der Waals surface area contributed by atoms with Gasteiger partial charge in [0, 0.05) is 12.8 Å². The van der Waals surface area contributed by atoms with Gasteiger partial charge in [-0.3, -0.25) is 4.79 Å². The van der Waals surface area contributed by atoms with Gasteiger partial charge in [-0.1, -0.05) is 0 Å². The van der Waals surface area contributed by atoms with Gasteiger partial charge in [0.1, 0.15) is 5.78 Å². The van der Waals surface area contributed by atoms with E-state index in [1.165, 1.54) is 25.7 Å². The molecule has 0 aromatic rings. The third kappa shape index (κ3) is 0.826. The van der Waals surface area contributed by atoms with E-state index in [9.17, 15) is 4.79 Å². The van der Waals surface area contributed by atoms with E-state index in [1.807, 2.05) is 0 Å². The van der Waals surface area contributed by atoms with Crippen molar-refractivity contribution in [2.24, 2.45) is 23.7 Å². The van der Waals surface area contributed by atoms with Gasteiger partial charge >= 0.3 is 0 Å². The lowest BCUT2D eigenvalue weighted by Crippen LogP contribution is -2.29. The largest absolute Gasteiger partial charge is 0.300 e. The first-order valence-corrected chi connectivity index (χ1v) is 5.36. The first-order chi connectivity index (χ1) is 5.84. The van der Waals surface area contributed by atoms with Gasteiger partial charge in [0.25, 0.3) is 0 Å². The topological polar surface area (TPSA) is 17.1 Å². The first kappa shape index (κ1) is 7.11. The highest BCUT2D eigenvalue weighted by atomic mass is 16.1. The molecule has 0 spiro atoms. The molecule has 1 nitrogen and oxygen atoms in total. The molecule has 2 bridgehead atoms. The molecule has 3 saturated carbocycles. The van der Waals surface area contributed by atoms with Crippen LogP contribution in [-0.2, 0) is 4.79 Å². The summed E-state index contributed by atoms with van der Waals surface area (Å²) in [5, 5.41) is 0. The maximum absolute atomic E-state index is 11.3. The molecule has 4 atom stereocenters. The zero-order chi connectivity index (χ0) is 8.13. The highest BCUT2D eigenvalue weighted by Gasteiger charge is 2.49. The van der Waals surface area contributed by atoms with Crippen LogP contribution >= 0.6 is 0 Å². The minimum absolute atomic E-state index is 0.545. The minimum Gasteiger partial charge on any atom is -0.300 e. The number of hydrogen-bond acceptors (Lipinski definition) is 1. The molecule has 4 unspecified atom stereocenters. The van der Waals surface area contributed by atoms with Crippen LogP contribution in [0.1, 0.15) is 38.5 Å². The summed E-state index contributed by atoms with van der Waals surface area (Å²) in [5.41, 5.74) is 0. The van der Waals surface area contributed by atoms with Crippen molar-refractivity contribution in [3.63, 3.8) is 0 Å². The third-order valence-corrected chi connectivity index (χ3v) is 4.49. The van der Waals surface area contributed by atoms with Gasteiger partial charge in [-0.25, -0.2) is 0 Å². The van der Waals surface area contributed by atoms with Crippen LogP contribution in [0.3, 0.4) is 0 Å². The van der Waals surface area contributed by atoms with Crippen molar-refractivity contribution in [3.8, 4) is 0 Å². The highest BCUT2D eigenvalue weighted by Crippen LogP contribution is 2.56. The predicted octanol–water partition coefficient (Wildman–Crippen LogP) is 2.40. The number of carbonyl (C=O) groups is 1. The quantitative estimate of drug-likeness (QED) is 0.537. The van der Waals surface area contributed by atoms with Crippen molar-refractivity contribution < 1.29 is 4.79 Å². The molecule has 0 aromatic heterocycles. The molecule has 0 radical (unpaired) electrons. The molecule has 0 aliphatic heterocycles. The third-order valence-electron chi connectivity index (χ3n) is 4.49. The van der Waals surface area contributed by atoms with Crippen LogP contribution in [0.4, 0.5) is 0 Å². The molecule has 3 fully saturated rings. The molecule has 3 aliphatic rings. The molecule has 0 saturated heterocycles. The van der Waals surface area contributed by atoms with Gasteiger partial charge in [-0.05, 0) is 49.4 Å². The van der Waals surface area contributed by atoms with Crippen LogP contribution in [0.25, 0.3) is 0 Å². The zero-order valence-electron chi connectivity index (χ0n) is 7.46. The van der Waals surface area contributed by atoms with Gasteiger partial charge in [-0.2, -0.15) is 0 Å². The smallest absolute Gasteiger partial charge is 0.133 e. The summed E-state index contributed by atoms with van der Waals surface area (Å²) in [5.74, 6) is 4.30. The highest BCUT2D eigenvalue weighted by molar-refractivity contribution is 5.79. The predicted molar refractivity (Wildman–Crippen MR) is 46.7 cm³/mol.